The number of aromatic nitrogens is 2. The average molecular weight is 323 g/mol. The van der Waals surface area contributed by atoms with E-state index in [4.69, 9.17) is 15.0 Å². The number of benzene rings is 2. The second-order valence-electron chi connectivity index (χ2n) is 5.93. The molecule has 1 heterocycles. The van der Waals surface area contributed by atoms with Crippen LogP contribution in [0.4, 0.5) is 0 Å². The molecule has 0 unspecified atom stereocenters. The molecular formula is C19H21N3O2. The van der Waals surface area contributed by atoms with Crippen molar-refractivity contribution in [3.8, 4) is 17.1 Å². The molecule has 0 atom stereocenters. The van der Waals surface area contributed by atoms with Crippen LogP contribution < -0.4 is 10.5 Å². The van der Waals surface area contributed by atoms with Crippen LogP contribution in [0.25, 0.3) is 11.4 Å². The molecule has 3 rings (SSSR count). The first-order valence-corrected chi connectivity index (χ1v) is 7.89. The van der Waals surface area contributed by atoms with Crippen LogP contribution in [-0.4, -0.2) is 10.1 Å². The first-order chi connectivity index (χ1) is 11.6. The van der Waals surface area contributed by atoms with Crippen molar-refractivity contribution in [2.45, 2.75) is 33.9 Å². The van der Waals surface area contributed by atoms with Crippen molar-refractivity contribution >= 4 is 0 Å². The molecular weight excluding hydrogens is 302 g/mol. The molecule has 24 heavy (non-hydrogen) atoms. The Morgan fingerprint density at radius 3 is 2.33 bits per heavy atom. The summed E-state index contributed by atoms with van der Waals surface area (Å²) in [6, 6.07) is 12.0. The third-order valence-electron chi connectivity index (χ3n) is 3.86. The molecule has 0 saturated heterocycles. The molecule has 0 fully saturated rings. The van der Waals surface area contributed by atoms with E-state index in [2.05, 4.69) is 29.2 Å². The highest BCUT2D eigenvalue weighted by Gasteiger charge is 2.11. The standard InChI is InChI=1S/C19H21N3O2/c1-12-8-13(2)18(14(3)9-12)23-11-17-21-19(22-24-17)16-6-4-15(10-20)5-7-16/h4-9H,10-11,20H2,1-3H3. The van der Waals surface area contributed by atoms with Gasteiger partial charge in [0.05, 0.1) is 0 Å². The minimum Gasteiger partial charge on any atom is -0.483 e. The van der Waals surface area contributed by atoms with Crippen molar-refractivity contribution in [2.24, 2.45) is 5.73 Å². The van der Waals surface area contributed by atoms with Crippen LogP contribution in [0.2, 0.25) is 0 Å². The van der Waals surface area contributed by atoms with Crippen molar-refractivity contribution < 1.29 is 9.26 Å². The van der Waals surface area contributed by atoms with E-state index in [0.717, 1.165) is 28.0 Å². The number of hydrogen-bond donors (Lipinski definition) is 1. The van der Waals surface area contributed by atoms with E-state index in [1.165, 1.54) is 5.56 Å². The molecule has 0 aliphatic rings. The summed E-state index contributed by atoms with van der Waals surface area (Å²) < 4.78 is 11.2. The fraction of sp³-hybridized carbons (Fsp3) is 0.263. The number of aryl methyl sites for hydroxylation is 3. The molecule has 0 aliphatic carbocycles. The lowest BCUT2D eigenvalue weighted by Crippen LogP contribution is -2.00. The normalized spacial score (nSPS) is 10.8. The third-order valence-corrected chi connectivity index (χ3v) is 3.86. The molecule has 0 amide bonds. The van der Waals surface area contributed by atoms with Crippen LogP contribution in [0.5, 0.6) is 5.75 Å². The van der Waals surface area contributed by atoms with E-state index >= 15 is 0 Å². The van der Waals surface area contributed by atoms with Crippen LogP contribution in [0.15, 0.2) is 40.9 Å². The van der Waals surface area contributed by atoms with Gasteiger partial charge in [-0.3, -0.25) is 0 Å². The van der Waals surface area contributed by atoms with Gasteiger partial charge in [0, 0.05) is 12.1 Å². The summed E-state index contributed by atoms with van der Waals surface area (Å²) >= 11 is 0. The Hall–Kier alpha value is -2.66. The van der Waals surface area contributed by atoms with E-state index < -0.39 is 0 Å². The molecule has 0 saturated carbocycles. The zero-order valence-corrected chi connectivity index (χ0v) is 14.2. The van der Waals surface area contributed by atoms with Crippen molar-refractivity contribution in [1.82, 2.24) is 10.1 Å². The maximum atomic E-state index is 5.88. The highest BCUT2D eigenvalue weighted by Crippen LogP contribution is 2.25. The molecule has 2 N–H and O–H groups in total. The molecule has 0 radical (unpaired) electrons. The van der Waals surface area contributed by atoms with Gasteiger partial charge in [-0.25, -0.2) is 0 Å². The molecule has 3 aromatic rings. The highest BCUT2D eigenvalue weighted by atomic mass is 16.5. The van der Waals surface area contributed by atoms with Crippen molar-refractivity contribution in [3.63, 3.8) is 0 Å². The van der Waals surface area contributed by atoms with E-state index in [0.29, 0.717) is 18.3 Å². The largest absolute Gasteiger partial charge is 0.483 e. The van der Waals surface area contributed by atoms with E-state index in [-0.39, 0.29) is 6.61 Å². The minimum atomic E-state index is 0.249. The third kappa shape index (κ3) is 3.46. The maximum absolute atomic E-state index is 5.88. The van der Waals surface area contributed by atoms with Crippen LogP contribution in [0, 0.1) is 20.8 Å². The summed E-state index contributed by atoms with van der Waals surface area (Å²) in [5.41, 5.74) is 11.0. The Morgan fingerprint density at radius 2 is 1.71 bits per heavy atom. The van der Waals surface area contributed by atoms with Gasteiger partial charge in [0.25, 0.3) is 5.89 Å². The summed E-state index contributed by atoms with van der Waals surface area (Å²) in [5, 5.41) is 4.02. The van der Waals surface area contributed by atoms with Gasteiger partial charge >= 0.3 is 0 Å². The monoisotopic (exact) mass is 323 g/mol. The first-order valence-electron chi connectivity index (χ1n) is 7.89. The van der Waals surface area contributed by atoms with Gasteiger partial charge in [-0.1, -0.05) is 47.1 Å². The quantitative estimate of drug-likeness (QED) is 0.775. The molecule has 0 aliphatic heterocycles. The Morgan fingerprint density at radius 1 is 1.04 bits per heavy atom. The molecule has 2 aromatic carbocycles. The Kier molecular flexibility index (Phi) is 4.62. The zero-order valence-electron chi connectivity index (χ0n) is 14.2. The molecule has 1 aromatic heterocycles. The minimum absolute atomic E-state index is 0.249. The van der Waals surface area contributed by atoms with Crippen molar-refractivity contribution in [1.29, 1.82) is 0 Å². The summed E-state index contributed by atoms with van der Waals surface area (Å²) in [4.78, 5) is 4.39. The zero-order chi connectivity index (χ0) is 17.1. The van der Waals surface area contributed by atoms with Crippen LogP contribution in [0.3, 0.4) is 0 Å². The number of hydrogen-bond acceptors (Lipinski definition) is 5. The Labute approximate surface area is 141 Å². The van der Waals surface area contributed by atoms with Gasteiger partial charge < -0.3 is 15.0 Å². The van der Waals surface area contributed by atoms with Crippen LogP contribution in [0.1, 0.15) is 28.1 Å². The van der Waals surface area contributed by atoms with E-state index in [9.17, 15) is 0 Å². The number of nitrogens with two attached hydrogens (primary N) is 1. The van der Waals surface area contributed by atoms with Crippen LogP contribution in [-0.2, 0) is 13.2 Å². The number of nitrogens with zero attached hydrogens (tertiary/aromatic N) is 2. The SMILES string of the molecule is Cc1cc(C)c(OCc2nc(-c3ccc(CN)cc3)no2)c(C)c1. The summed E-state index contributed by atoms with van der Waals surface area (Å²) in [6.07, 6.45) is 0. The highest BCUT2D eigenvalue weighted by molar-refractivity contribution is 5.54. The molecule has 5 nitrogen and oxygen atoms in total. The van der Waals surface area contributed by atoms with E-state index in [1.807, 2.05) is 38.1 Å². The predicted molar refractivity (Wildman–Crippen MR) is 92.6 cm³/mol. The van der Waals surface area contributed by atoms with Crippen molar-refractivity contribution in [2.75, 3.05) is 0 Å². The van der Waals surface area contributed by atoms with Gasteiger partial charge in [0.15, 0.2) is 6.61 Å². The average Bonchev–Trinajstić information content (AvgIpc) is 3.03. The molecule has 0 spiro atoms. The second kappa shape index (κ2) is 6.84. The summed E-state index contributed by atoms with van der Waals surface area (Å²) in [6.45, 7) is 6.91. The van der Waals surface area contributed by atoms with Gasteiger partial charge in [0.1, 0.15) is 5.75 Å². The summed E-state index contributed by atoms with van der Waals surface area (Å²) in [7, 11) is 0. The van der Waals surface area contributed by atoms with Gasteiger partial charge in [-0.05, 0) is 37.5 Å². The first kappa shape index (κ1) is 16.2. The Bertz CT molecular complexity index is 815. The topological polar surface area (TPSA) is 74.2 Å². The van der Waals surface area contributed by atoms with Crippen molar-refractivity contribution in [3.05, 3.63) is 64.5 Å². The number of ether oxygens (including phenoxy) is 1. The molecule has 5 heteroatoms. The second-order valence-corrected chi connectivity index (χ2v) is 5.93. The van der Waals surface area contributed by atoms with Gasteiger partial charge in [0.2, 0.25) is 5.82 Å². The van der Waals surface area contributed by atoms with Crippen LogP contribution >= 0.6 is 0 Å². The lowest BCUT2D eigenvalue weighted by molar-refractivity contribution is 0.240. The lowest BCUT2D eigenvalue weighted by Gasteiger charge is -2.11. The van der Waals surface area contributed by atoms with E-state index in [1.54, 1.807) is 0 Å². The van der Waals surface area contributed by atoms with Gasteiger partial charge in [-0.15, -0.1) is 0 Å². The fourth-order valence-electron chi connectivity index (χ4n) is 2.75. The molecule has 0 bridgehead atoms. The smallest absolute Gasteiger partial charge is 0.264 e. The number of rotatable bonds is 5. The lowest BCUT2D eigenvalue weighted by atomic mass is 10.1. The molecule has 124 valence electrons. The maximum Gasteiger partial charge on any atom is 0.264 e. The van der Waals surface area contributed by atoms with Gasteiger partial charge in [-0.2, -0.15) is 4.98 Å². The predicted octanol–water partition coefficient (Wildman–Crippen LogP) is 3.70. The fourth-order valence-corrected chi connectivity index (χ4v) is 2.75. The summed E-state index contributed by atoms with van der Waals surface area (Å²) in [5.74, 6) is 1.87. The Balaban J connectivity index is 1.72.